The number of rotatable bonds is 7. The van der Waals surface area contributed by atoms with Gasteiger partial charge in [-0.15, -0.1) is 0 Å². The highest BCUT2D eigenvalue weighted by Crippen LogP contribution is 2.30. The van der Waals surface area contributed by atoms with Crippen LogP contribution in [0.5, 0.6) is 5.75 Å². The first kappa shape index (κ1) is 23.0. The third-order valence-electron chi connectivity index (χ3n) is 4.23. The van der Waals surface area contributed by atoms with Crippen molar-refractivity contribution < 1.29 is 27.3 Å². The van der Waals surface area contributed by atoms with E-state index in [0.717, 1.165) is 24.3 Å². The van der Waals surface area contributed by atoms with Crippen LogP contribution in [0.4, 0.5) is 21.5 Å². The van der Waals surface area contributed by atoms with E-state index in [2.05, 4.69) is 10.0 Å². The van der Waals surface area contributed by atoms with Crippen LogP contribution in [-0.4, -0.2) is 26.4 Å². The standard InChI is InChI=1S/C20H15ClFN3O6S/c1-31-18-5-3-2-4-16(18)24-32(29,30)19-10-12(6-8-14(19)21)20(26)23-13-7-9-15(22)17(11-13)25(27)28/h2-11,24H,1H3,(H,23,26). The first-order valence-electron chi connectivity index (χ1n) is 8.83. The van der Waals surface area contributed by atoms with Crippen LogP contribution in [0.1, 0.15) is 10.4 Å². The van der Waals surface area contributed by atoms with Crippen LogP contribution >= 0.6 is 11.6 Å². The van der Waals surface area contributed by atoms with Crippen molar-refractivity contribution in [3.05, 3.63) is 87.2 Å². The first-order chi connectivity index (χ1) is 15.1. The molecule has 3 rings (SSSR count). The number of carbonyl (C=O) groups is 1. The average molecular weight is 480 g/mol. The van der Waals surface area contributed by atoms with Crippen molar-refractivity contribution >= 4 is 44.6 Å². The smallest absolute Gasteiger partial charge is 0.306 e. The van der Waals surface area contributed by atoms with E-state index in [1.165, 1.54) is 25.3 Å². The third kappa shape index (κ3) is 4.95. The molecule has 0 radical (unpaired) electrons. The molecule has 9 nitrogen and oxygen atoms in total. The van der Waals surface area contributed by atoms with Crippen LogP contribution < -0.4 is 14.8 Å². The van der Waals surface area contributed by atoms with E-state index in [1.54, 1.807) is 18.2 Å². The highest BCUT2D eigenvalue weighted by atomic mass is 35.5. The molecular formula is C20H15ClFN3O6S. The number of carbonyl (C=O) groups excluding carboxylic acids is 1. The molecule has 166 valence electrons. The second-order valence-electron chi connectivity index (χ2n) is 6.33. The van der Waals surface area contributed by atoms with E-state index >= 15 is 0 Å². The fraction of sp³-hybridized carbons (Fsp3) is 0.0500. The summed E-state index contributed by atoms with van der Waals surface area (Å²) < 4.78 is 46.7. The summed E-state index contributed by atoms with van der Waals surface area (Å²) in [4.78, 5) is 22.1. The Labute approximate surface area is 187 Å². The quantitative estimate of drug-likeness (QED) is 0.380. The van der Waals surface area contributed by atoms with Crippen molar-refractivity contribution in [2.45, 2.75) is 4.90 Å². The summed E-state index contributed by atoms with van der Waals surface area (Å²) in [6, 6.07) is 12.7. The zero-order valence-corrected chi connectivity index (χ0v) is 17.9. The van der Waals surface area contributed by atoms with Gasteiger partial charge in [-0.2, -0.15) is 4.39 Å². The number of hydrogen-bond acceptors (Lipinski definition) is 6. The number of nitrogens with one attached hydrogen (secondary N) is 2. The van der Waals surface area contributed by atoms with Gasteiger partial charge in [0, 0.05) is 17.3 Å². The number of para-hydroxylation sites is 2. The minimum Gasteiger partial charge on any atom is -0.495 e. The molecule has 0 saturated heterocycles. The van der Waals surface area contributed by atoms with Gasteiger partial charge in [-0.05, 0) is 42.5 Å². The summed E-state index contributed by atoms with van der Waals surface area (Å²) in [5, 5.41) is 13.1. The van der Waals surface area contributed by atoms with E-state index in [1.807, 2.05) is 0 Å². The van der Waals surface area contributed by atoms with Crippen molar-refractivity contribution in [2.75, 3.05) is 17.1 Å². The van der Waals surface area contributed by atoms with Crippen LogP contribution in [0.25, 0.3) is 0 Å². The minimum absolute atomic E-state index is 0.0467. The zero-order chi connectivity index (χ0) is 23.5. The number of benzene rings is 3. The molecule has 0 aliphatic heterocycles. The minimum atomic E-state index is -4.21. The number of halogens is 2. The molecule has 0 fully saturated rings. The topological polar surface area (TPSA) is 128 Å². The Kier molecular flexibility index (Phi) is 6.61. The Bertz CT molecular complexity index is 1320. The van der Waals surface area contributed by atoms with Gasteiger partial charge in [-0.1, -0.05) is 23.7 Å². The van der Waals surface area contributed by atoms with Gasteiger partial charge in [0.15, 0.2) is 0 Å². The molecule has 2 N–H and O–H groups in total. The summed E-state index contributed by atoms with van der Waals surface area (Å²) in [6.45, 7) is 0. The molecule has 0 bridgehead atoms. The zero-order valence-electron chi connectivity index (χ0n) is 16.3. The Hall–Kier alpha value is -3.70. The van der Waals surface area contributed by atoms with Crippen molar-refractivity contribution in [3.8, 4) is 5.75 Å². The molecule has 0 aliphatic rings. The number of sulfonamides is 1. The predicted octanol–water partition coefficient (Wildman–Crippen LogP) is 4.45. The van der Waals surface area contributed by atoms with Gasteiger partial charge in [0.25, 0.3) is 15.9 Å². The van der Waals surface area contributed by atoms with Crippen molar-refractivity contribution in [3.63, 3.8) is 0 Å². The molecule has 0 saturated carbocycles. The van der Waals surface area contributed by atoms with E-state index < -0.39 is 32.4 Å². The Balaban J connectivity index is 1.90. The molecule has 0 aromatic heterocycles. The molecule has 1 amide bonds. The molecule has 32 heavy (non-hydrogen) atoms. The van der Waals surface area contributed by atoms with Crippen LogP contribution in [0.2, 0.25) is 5.02 Å². The second kappa shape index (κ2) is 9.20. The molecule has 0 atom stereocenters. The summed E-state index contributed by atoms with van der Waals surface area (Å²) in [5.41, 5.74) is -0.792. The number of nitro benzene ring substituents is 1. The molecule has 0 spiro atoms. The van der Waals surface area contributed by atoms with Crippen LogP contribution in [-0.2, 0) is 10.0 Å². The largest absolute Gasteiger partial charge is 0.495 e. The number of ether oxygens (including phenoxy) is 1. The highest BCUT2D eigenvalue weighted by molar-refractivity contribution is 7.92. The molecular weight excluding hydrogens is 465 g/mol. The van der Waals surface area contributed by atoms with E-state index in [9.17, 15) is 27.7 Å². The lowest BCUT2D eigenvalue weighted by atomic mass is 10.2. The van der Waals surface area contributed by atoms with Gasteiger partial charge >= 0.3 is 5.69 Å². The number of nitrogens with zero attached hydrogens (tertiary/aromatic N) is 1. The lowest BCUT2D eigenvalue weighted by Crippen LogP contribution is -2.17. The maximum Gasteiger partial charge on any atom is 0.306 e. The first-order valence-corrected chi connectivity index (χ1v) is 10.7. The summed E-state index contributed by atoms with van der Waals surface area (Å²) in [5.74, 6) is -1.56. The monoisotopic (exact) mass is 479 g/mol. The van der Waals surface area contributed by atoms with E-state index in [4.69, 9.17) is 16.3 Å². The van der Waals surface area contributed by atoms with Crippen molar-refractivity contribution in [2.24, 2.45) is 0 Å². The SMILES string of the molecule is COc1ccccc1NS(=O)(=O)c1cc(C(=O)Nc2ccc(F)c([N+](=O)[O-])c2)ccc1Cl. The van der Waals surface area contributed by atoms with Gasteiger partial charge in [0.1, 0.15) is 10.6 Å². The van der Waals surface area contributed by atoms with Gasteiger partial charge in [0.2, 0.25) is 5.82 Å². The Morgan fingerprint density at radius 3 is 2.53 bits per heavy atom. The summed E-state index contributed by atoms with van der Waals surface area (Å²) in [7, 11) is -2.83. The van der Waals surface area contributed by atoms with Gasteiger partial charge in [0.05, 0.1) is 22.7 Å². The number of methoxy groups -OCH3 is 1. The fourth-order valence-electron chi connectivity index (χ4n) is 2.71. The molecule has 3 aromatic carbocycles. The van der Waals surface area contributed by atoms with Crippen LogP contribution in [0.15, 0.2) is 65.6 Å². The lowest BCUT2D eigenvalue weighted by Gasteiger charge is -2.13. The number of anilines is 2. The van der Waals surface area contributed by atoms with E-state index in [-0.39, 0.29) is 32.6 Å². The van der Waals surface area contributed by atoms with Gasteiger partial charge in [-0.25, -0.2) is 8.42 Å². The Morgan fingerprint density at radius 1 is 1.12 bits per heavy atom. The van der Waals surface area contributed by atoms with Gasteiger partial charge < -0.3 is 10.1 Å². The highest BCUT2D eigenvalue weighted by Gasteiger charge is 2.22. The maximum absolute atomic E-state index is 13.5. The van der Waals surface area contributed by atoms with Crippen molar-refractivity contribution in [1.82, 2.24) is 0 Å². The molecule has 0 aliphatic carbocycles. The molecule has 12 heteroatoms. The number of amides is 1. The number of nitro groups is 1. The normalized spacial score (nSPS) is 11.0. The summed E-state index contributed by atoms with van der Waals surface area (Å²) in [6.07, 6.45) is 0. The summed E-state index contributed by atoms with van der Waals surface area (Å²) >= 11 is 6.06. The molecule has 0 unspecified atom stereocenters. The van der Waals surface area contributed by atoms with Crippen LogP contribution in [0, 0.1) is 15.9 Å². The average Bonchev–Trinajstić information content (AvgIpc) is 2.75. The van der Waals surface area contributed by atoms with Crippen LogP contribution in [0.3, 0.4) is 0 Å². The number of hydrogen-bond donors (Lipinski definition) is 2. The second-order valence-corrected chi connectivity index (χ2v) is 8.39. The molecule has 3 aromatic rings. The fourth-order valence-corrected chi connectivity index (χ4v) is 4.31. The van der Waals surface area contributed by atoms with Gasteiger partial charge in [-0.3, -0.25) is 19.6 Å². The van der Waals surface area contributed by atoms with E-state index in [0.29, 0.717) is 0 Å². The third-order valence-corrected chi connectivity index (χ3v) is 6.08. The predicted molar refractivity (Wildman–Crippen MR) is 116 cm³/mol. The molecule has 0 heterocycles. The van der Waals surface area contributed by atoms with Crippen molar-refractivity contribution in [1.29, 1.82) is 0 Å². The Morgan fingerprint density at radius 2 is 1.84 bits per heavy atom. The lowest BCUT2D eigenvalue weighted by molar-refractivity contribution is -0.387. The maximum atomic E-state index is 13.5.